The Morgan fingerprint density at radius 1 is 1.19 bits per heavy atom. The molecule has 2 aromatic rings. The highest BCUT2D eigenvalue weighted by atomic mass is 16.7. The van der Waals surface area contributed by atoms with Gasteiger partial charge in [0.2, 0.25) is 0 Å². The van der Waals surface area contributed by atoms with Crippen LogP contribution < -0.4 is 5.46 Å². The van der Waals surface area contributed by atoms with E-state index in [9.17, 15) is 4.79 Å². The zero-order chi connectivity index (χ0) is 23.6. The van der Waals surface area contributed by atoms with Gasteiger partial charge in [-0.3, -0.25) is 4.90 Å². The first kappa shape index (κ1) is 23.1. The van der Waals surface area contributed by atoms with E-state index in [2.05, 4.69) is 18.8 Å². The molecule has 0 bridgehead atoms. The smallest absolute Gasteiger partial charge is 0.444 e. The highest BCUT2D eigenvalue weighted by Crippen LogP contribution is 2.40. The number of benzene rings is 1. The molecule has 1 aromatic carbocycles. The Hall–Kier alpha value is -2.06. The van der Waals surface area contributed by atoms with Crippen LogP contribution in [0.15, 0.2) is 18.2 Å². The van der Waals surface area contributed by atoms with Crippen molar-refractivity contribution in [2.45, 2.75) is 97.6 Å². The Kier molecular flexibility index (Phi) is 5.41. The lowest BCUT2D eigenvalue weighted by molar-refractivity contribution is 0.00578. The van der Waals surface area contributed by atoms with E-state index in [-0.39, 0.29) is 18.2 Å². The minimum Gasteiger partial charge on any atom is -0.444 e. The van der Waals surface area contributed by atoms with Crippen molar-refractivity contribution in [2.24, 2.45) is 5.92 Å². The maximum Gasteiger partial charge on any atom is 0.494 e. The van der Waals surface area contributed by atoms with Crippen molar-refractivity contribution in [3.8, 4) is 0 Å². The molecule has 0 aliphatic carbocycles. The number of nitrogens with one attached hydrogen (secondary N) is 1. The van der Waals surface area contributed by atoms with Gasteiger partial charge in [0.1, 0.15) is 11.4 Å². The van der Waals surface area contributed by atoms with Crippen LogP contribution in [0.2, 0.25) is 0 Å². The Morgan fingerprint density at radius 2 is 1.81 bits per heavy atom. The van der Waals surface area contributed by atoms with E-state index in [1.54, 1.807) is 0 Å². The maximum atomic E-state index is 13.0. The minimum atomic E-state index is -0.543. The second-order valence-electron chi connectivity index (χ2n) is 11.3. The minimum absolute atomic E-state index is 0.0726. The molecule has 8 heteroatoms. The molecular weight excluding hydrogens is 405 g/mol. The van der Waals surface area contributed by atoms with E-state index in [0.717, 1.165) is 28.7 Å². The van der Waals surface area contributed by atoms with Gasteiger partial charge < -0.3 is 19.0 Å². The largest absolute Gasteiger partial charge is 0.494 e. The zero-order valence-corrected chi connectivity index (χ0v) is 20.8. The van der Waals surface area contributed by atoms with Crippen molar-refractivity contribution in [1.82, 2.24) is 14.9 Å². The summed E-state index contributed by atoms with van der Waals surface area (Å²) in [6.07, 6.45) is 0.544. The first-order valence-electron chi connectivity index (χ1n) is 11.5. The summed E-state index contributed by atoms with van der Waals surface area (Å²) in [6.45, 7) is 18.1. The van der Waals surface area contributed by atoms with Crippen molar-refractivity contribution in [3.63, 3.8) is 0 Å². The average Bonchev–Trinajstić information content (AvgIpc) is 3.25. The van der Waals surface area contributed by atoms with Gasteiger partial charge in [0, 0.05) is 6.04 Å². The third-order valence-electron chi connectivity index (χ3n) is 7.16. The van der Waals surface area contributed by atoms with Gasteiger partial charge in [-0.25, -0.2) is 9.78 Å². The molecule has 0 radical (unpaired) electrons. The van der Waals surface area contributed by atoms with Gasteiger partial charge in [0.05, 0.1) is 28.3 Å². The second kappa shape index (κ2) is 7.49. The first-order valence-corrected chi connectivity index (χ1v) is 11.5. The van der Waals surface area contributed by atoms with E-state index >= 15 is 0 Å². The highest BCUT2D eigenvalue weighted by molar-refractivity contribution is 6.62. The van der Waals surface area contributed by atoms with E-state index in [1.807, 2.05) is 71.6 Å². The van der Waals surface area contributed by atoms with Crippen molar-refractivity contribution in [2.75, 3.05) is 0 Å². The van der Waals surface area contributed by atoms with Crippen LogP contribution in [0.4, 0.5) is 4.79 Å². The predicted octanol–water partition coefficient (Wildman–Crippen LogP) is 4.57. The first-order chi connectivity index (χ1) is 14.7. The Balaban J connectivity index is 1.63. The van der Waals surface area contributed by atoms with Crippen LogP contribution in [0.25, 0.3) is 11.0 Å². The fraction of sp³-hybridized carbons (Fsp3) is 0.667. The van der Waals surface area contributed by atoms with Crippen LogP contribution in [0.5, 0.6) is 0 Å². The number of imidazole rings is 1. The summed E-state index contributed by atoms with van der Waals surface area (Å²) < 4.78 is 18.1. The Morgan fingerprint density at radius 3 is 2.41 bits per heavy atom. The molecule has 0 spiro atoms. The number of hydrogen-bond donors (Lipinski definition) is 1. The number of hydrogen-bond acceptors (Lipinski definition) is 5. The van der Waals surface area contributed by atoms with Crippen molar-refractivity contribution < 1.29 is 18.8 Å². The number of aromatic nitrogens is 2. The number of ether oxygens (including phenoxy) is 1. The van der Waals surface area contributed by atoms with Crippen molar-refractivity contribution in [1.29, 1.82) is 0 Å². The number of H-pyrrole nitrogens is 1. The summed E-state index contributed by atoms with van der Waals surface area (Å²) in [5.41, 5.74) is 1.38. The predicted molar refractivity (Wildman–Crippen MR) is 126 cm³/mol. The molecule has 1 amide bonds. The fourth-order valence-corrected chi connectivity index (χ4v) is 4.40. The number of aromatic amines is 1. The molecule has 1 unspecified atom stereocenters. The lowest BCUT2D eigenvalue weighted by Gasteiger charge is -2.32. The number of fused-ring (bicyclic) bond motifs is 1. The SMILES string of the molecule is CC1C[C@@H](c2nc3ccc(B4OC(C)(C)C(C)(C)O4)cc3[nH]2)N(C(=O)OC(C)(C)C)[C@@H]1C. The van der Waals surface area contributed by atoms with Crippen LogP contribution in [-0.2, 0) is 14.0 Å². The topological polar surface area (TPSA) is 76.7 Å². The molecule has 2 aliphatic rings. The van der Waals surface area contributed by atoms with Gasteiger partial charge in [-0.15, -0.1) is 0 Å². The number of likely N-dealkylation sites (tertiary alicyclic amines) is 1. The average molecular weight is 441 g/mol. The van der Waals surface area contributed by atoms with E-state index in [1.165, 1.54) is 0 Å². The number of amides is 1. The molecule has 32 heavy (non-hydrogen) atoms. The van der Waals surface area contributed by atoms with Gasteiger partial charge in [-0.1, -0.05) is 13.0 Å². The highest BCUT2D eigenvalue weighted by Gasteiger charge is 2.51. The fourth-order valence-electron chi connectivity index (χ4n) is 4.40. The zero-order valence-electron chi connectivity index (χ0n) is 20.8. The van der Waals surface area contributed by atoms with Crippen LogP contribution >= 0.6 is 0 Å². The summed E-state index contributed by atoms with van der Waals surface area (Å²) in [6, 6.07) is 5.94. The molecule has 2 aliphatic heterocycles. The molecule has 0 saturated carbocycles. The van der Waals surface area contributed by atoms with Gasteiger partial charge in [-0.05, 0) is 85.3 Å². The molecule has 7 nitrogen and oxygen atoms in total. The van der Waals surface area contributed by atoms with Crippen LogP contribution in [0.1, 0.15) is 80.6 Å². The van der Waals surface area contributed by atoms with Gasteiger partial charge in [0.15, 0.2) is 0 Å². The summed E-state index contributed by atoms with van der Waals surface area (Å²) in [5, 5.41) is 0. The maximum absolute atomic E-state index is 13.0. The Labute approximate surface area is 191 Å². The molecule has 3 heterocycles. The van der Waals surface area contributed by atoms with Gasteiger partial charge >= 0.3 is 13.2 Å². The summed E-state index contributed by atoms with van der Waals surface area (Å²) >= 11 is 0. The van der Waals surface area contributed by atoms with Crippen LogP contribution in [0.3, 0.4) is 0 Å². The summed E-state index contributed by atoms with van der Waals surface area (Å²) in [4.78, 5) is 23.1. The molecule has 1 aromatic heterocycles. The lowest BCUT2D eigenvalue weighted by Crippen LogP contribution is -2.41. The number of carbonyl (C=O) groups is 1. The molecule has 2 fully saturated rings. The summed E-state index contributed by atoms with van der Waals surface area (Å²) in [5.74, 6) is 1.13. The monoisotopic (exact) mass is 441 g/mol. The number of nitrogens with zero attached hydrogens (tertiary/aromatic N) is 2. The molecule has 174 valence electrons. The third-order valence-corrected chi connectivity index (χ3v) is 7.16. The Bertz CT molecular complexity index is 1010. The number of carbonyl (C=O) groups excluding carboxylic acids is 1. The standard InChI is InChI=1S/C24H36BN3O4/c1-14-12-19(28(15(14)2)21(29)30-22(3,4)5)20-26-17-11-10-16(13-18(17)27-20)25-31-23(6,7)24(8,9)32-25/h10-11,13-15,19H,12H2,1-9H3,(H,26,27)/t14?,15-,19+/m1/s1. The number of rotatable bonds is 2. The second-order valence-corrected chi connectivity index (χ2v) is 11.3. The molecular formula is C24H36BN3O4. The third kappa shape index (κ3) is 4.03. The van der Waals surface area contributed by atoms with Crippen LogP contribution in [0, 0.1) is 5.92 Å². The van der Waals surface area contributed by atoms with Crippen molar-refractivity contribution >= 4 is 29.7 Å². The van der Waals surface area contributed by atoms with Crippen LogP contribution in [-0.4, -0.2) is 50.9 Å². The molecule has 4 rings (SSSR count). The normalized spacial score (nSPS) is 27.3. The lowest BCUT2D eigenvalue weighted by atomic mass is 9.79. The molecule has 3 atom stereocenters. The van der Waals surface area contributed by atoms with E-state index in [0.29, 0.717) is 5.92 Å². The molecule has 1 N–H and O–H groups in total. The van der Waals surface area contributed by atoms with E-state index in [4.69, 9.17) is 19.0 Å². The van der Waals surface area contributed by atoms with Crippen molar-refractivity contribution in [3.05, 3.63) is 24.0 Å². The summed E-state index contributed by atoms with van der Waals surface area (Å²) in [7, 11) is -0.430. The van der Waals surface area contributed by atoms with Gasteiger partial charge in [-0.2, -0.15) is 0 Å². The van der Waals surface area contributed by atoms with E-state index < -0.39 is 23.9 Å². The quantitative estimate of drug-likeness (QED) is 0.691. The van der Waals surface area contributed by atoms with Gasteiger partial charge in [0.25, 0.3) is 0 Å². The molecule has 2 saturated heterocycles.